The van der Waals surface area contributed by atoms with Crippen LogP contribution < -0.4 is 5.73 Å². The molecule has 5 nitrogen and oxygen atoms in total. The van der Waals surface area contributed by atoms with Crippen LogP contribution in [0.4, 0.5) is 0 Å². The number of hydrogen-bond donors (Lipinski definition) is 2. The summed E-state index contributed by atoms with van der Waals surface area (Å²) in [6.07, 6.45) is 6.51. The van der Waals surface area contributed by atoms with Crippen LogP contribution in [-0.4, -0.2) is 41.9 Å². The summed E-state index contributed by atoms with van der Waals surface area (Å²) in [6.45, 7) is 9.64. The van der Waals surface area contributed by atoms with Crippen molar-refractivity contribution in [3.63, 3.8) is 0 Å². The molecule has 5 heteroatoms. The highest BCUT2D eigenvalue weighted by molar-refractivity contribution is 6.25. The topological polar surface area (TPSA) is 87.2 Å². The maximum atomic E-state index is 11.4. The Morgan fingerprint density at radius 1 is 1.29 bits per heavy atom. The first kappa shape index (κ1) is 22.1. The van der Waals surface area contributed by atoms with Crippen LogP contribution in [0.1, 0.15) is 66.2 Å². The molecular weight excluding hydrogens is 266 g/mol. The van der Waals surface area contributed by atoms with Crippen LogP contribution >= 0.6 is 0 Å². The Kier molecular flexibility index (Phi) is 15.9. The number of carbonyl (C=O) groups excluding carboxylic acids is 2. The van der Waals surface area contributed by atoms with Crippen molar-refractivity contribution in [2.24, 2.45) is 5.73 Å². The number of rotatable bonds is 5. The molecule has 21 heavy (non-hydrogen) atoms. The molecular formula is C16H33N3O2. The van der Waals surface area contributed by atoms with Gasteiger partial charge in [0, 0.05) is 13.0 Å². The fourth-order valence-electron chi connectivity index (χ4n) is 1.89. The predicted octanol–water partition coefficient (Wildman–Crippen LogP) is 2.77. The molecule has 124 valence electrons. The number of ketones is 1. The van der Waals surface area contributed by atoms with Gasteiger partial charge in [-0.1, -0.05) is 40.5 Å². The standard InChI is InChI=1S/C9H14N2O2.C4H11N.C3H8/c1-2-8(12)7-4-3-5-11(7)9(13)6-10;1-2-3-4-5;1-3-2/h6-7,10H,2-5H2,1H3;2-5H2,1H3;3H2,1-2H3. The molecule has 1 rings (SSSR count). The Balaban J connectivity index is 0. The second-order valence-electron chi connectivity index (χ2n) is 5.00. The van der Waals surface area contributed by atoms with Gasteiger partial charge in [0.1, 0.15) is 0 Å². The van der Waals surface area contributed by atoms with Crippen molar-refractivity contribution in [3.05, 3.63) is 0 Å². The summed E-state index contributed by atoms with van der Waals surface area (Å²) in [5.74, 6) is -0.239. The summed E-state index contributed by atoms with van der Waals surface area (Å²) in [5.41, 5.74) is 5.14. The second kappa shape index (κ2) is 15.2. The van der Waals surface area contributed by atoms with Gasteiger partial charge in [-0.15, -0.1) is 0 Å². The summed E-state index contributed by atoms with van der Waals surface area (Å²) in [5, 5.41) is 6.83. The number of amides is 1. The van der Waals surface area contributed by atoms with Gasteiger partial charge in [-0.2, -0.15) is 0 Å². The van der Waals surface area contributed by atoms with Gasteiger partial charge in [-0.25, -0.2) is 0 Å². The zero-order chi connectivity index (χ0) is 16.7. The predicted molar refractivity (Wildman–Crippen MR) is 88.7 cm³/mol. The number of nitrogens with two attached hydrogens (primary N) is 1. The van der Waals surface area contributed by atoms with Crippen LogP contribution in [0.15, 0.2) is 0 Å². The van der Waals surface area contributed by atoms with E-state index in [0.717, 1.165) is 25.6 Å². The lowest BCUT2D eigenvalue weighted by Crippen LogP contribution is -2.40. The Hall–Kier alpha value is -1.23. The Morgan fingerprint density at radius 2 is 1.86 bits per heavy atom. The minimum atomic E-state index is -0.343. The molecule has 0 saturated carbocycles. The molecule has 1 heterocycles. The van der Waals surface area contributed by atoms with E-state index in [9.17, 15) is 9.59 Å². The lowest BCUT2D eigenvalue weighted by Gasteiger charge is -2.21. The number of carbonyl (C=O) groups is 2. The van der Waals surface area contributed by atoms with E-state index < -0.39 is 0 Å². The largest absolute Gasteiger partial charge is 0.330 e. The molecule has 0 aromatic rings. The molecule has 0 spiro atoms. The lowest BCUT2D eigenvalue weighted by molar-refractivity contribution is -0.132. The molecule has 0 bridgehead atoms. The third-order valence-corrected chi connectivity index (χ3v) is 2.94. The number of Topliss-reactive ketones (excluding diaryl/α,β-unsaturated/α-hetero) is 1. The molecule has 1 fully saturated rings. The Morgan fingerprint density at radius 3 is 2.19 bits per heavy atom. The highest BCUT2D eigenvalue weighted by atomic mass is 16.2. The van der Waals surface area contributed by atoms with Gasteiger partial charge in [-0.05, 0) is 25.8 Å². The molecule has 0 aromatic heterocycles. The number of hydrogen-bond acceptors (Lipinski definition) is 4. The summed E-state index contributed by atoms with van der Waals surface area (Å²) < 4.78 is 0. The van der Waals surface area contributed by atoms with Crippen molar-refractivity contribution < 1.29 is 9.59 Å². The molecule has 1 atom stereocenters. The summed E-state index contributed by atoms with van der Waals surface area (Å²) >= 11 is 0. The van der Waals surface area contributed by atoms with E-state index in [-0.39, 0.29) is 17.7 Å². The molecule has 0 aliphatic carbocycles. The number of likely N-dealkylation sites (tertiary alicyclic amines) is 1. The van der Waals surface area contributed by atoms with Crippen molar-refractivity contribution in [3.8, 4) is 0 Å². The normalized spacial score (nSPS) is 16.2. The minimum Gasteiger partial charge on any atom is -0.330 e. The fourth-order valence-corrected chi connectivity index (χ4v) is 1.89. The molecule has 1 saturated heterocycles. The smallest absolute Gasteiger partial charge is 0.264 e. The maximum Gasteiger partial charge on any atom is 0.264 e. The average molecular weight is 299 g/mol. The zero-order valence-electron chi connectivity index (χ0n) is 14.2. The van der Waals surface area contributed by atoms with Gasteiger partial charge >= 0.3 is 0 Å². The molecule has 0 radical (unpaired) electrons. The van der Waals surface area contributed by atoms with Gasteiger partial charge in [-0.3, -0.25) is 9.59 Å². The number of nitrogens with one attached hydrogen (secondary N) is 1. The first-order chi connectivity index (χ1) is 10.0. The minimum absolute atomic E-state index is 0.104. The molecule has 0 aromatic carbocycles. The van der Waals surface area contributed by atoms with Crippen molar-refractivity contribution in [2.45, 2.75) is 72.3 Å². The highest BCUT2D eigenvalue weighted by Gasteiger charge is 2.31. The van der Waals surface area contributed by atoms with Crippen LogP contribution in [0, 0.1) is 5.41 Å². The van der Waals surface area contributed by atoms with Crippen LogP contribution in [0.5, 0.6) is 0 Å². The number of unbranched alkanes of at least 4 members (excludes halogenated alkanes) is 1. The first-order valence-electron chi connectivity index (χ1n) is 8.07. The van der Waals surface area contributed by atoms with E-state index in [0.29, 0.717) is 13.0 Å². The fraction of sp³-hybridized carbons (Fsp3) is 0.812. The highest BCUT2D eigenvalue weighted by Crippen LogP contribution is 2.18. The van der Waals surface area contributed by atoms with Gasteiger partial charge < -0.3 is 16.0 Å². The van der Waals surface area contributed by atoms with E-state index in [1.165, 1.54) is 24.2 Å². The zero-order valence-corrected chi connectivity index (χ0v) is 14.2. The maximum absolute atomic E-state index is 11.4. The van der Waals surface area contributed by atoms with Crippen molar-refractivity contribution in [1.82, 2.24) is 4.90 Å². The molecule has 3 N–H and O–H groups in total. The number of nitrogens with zero attached hydrogens (tertiary/aromatic N) is 1. The Labute approximate surface area is 129 Å². The van der Waals surface area contributed by atoms with E-state index in [4.69, 9.17) is 11.1 Å². The third-order valence-electron chi connectivity index (χ3n) is 2.94. The first-order valence-corrected chi connectivity index (χ1v) is 8.07. The molecule has 1 unspecified atom stereocenters. The SMILES string of the molecule is CCC.CCC(=O)C1CCCN1C(=O)C=N.CCCCN. The van der Waals surface area contributed by atoms with E-state index in [2.05, 4.69) is 20.8 Å². The summed E-state index contributed by atoms with van der Waals surface area (Å²) in [6, 6.07) is -0.265. The van der Waals surface area contributed by atoms with E-state index in [1.54, 1.807) is 6.92 Å². The quantitative estimate of drug-likeness (QED) is 0.765. The average Bonchev–Trinajstić information content (AvgIpc) is 2.97. The van der Waals surface area contributed by atoms with Gasteiger partial charge in [0.05, 0.1) is 12.3 Å². The second-order valence-corrected chi connectivity index (χ2v) is 5.00. The van der Waals surface area contributed by atoms with Crippen molar-refractivity contribution in [2.75, 3.05) is 13.1 Å². The van der Waals surface area contributed by atoms with Crippen LogP contribution in [0.3, 0.4) is 0 Å². The Bertz CT molecular complexity index is 291. The van der Waals surface area contributed by atoms with Crippen LogP contribution in [0.2, 0.25) is 0 Å². The molecule has 1 amide bonds. The monoisotopic (exact) mass is 299 g/mol. The van der Waals surface area contributed by atoms with E-state index in [1.807, 2.05) is 0 Å². The third kappa shape index (κ3) is 10.2. The van der Waals surface area contributed by atoms with Crippen LogP contribution in [-0.2, 0) is 9.59 Å². The van der Waals surface area contributed by atoms with Gasteiger partial charge in [0.15, 0.2) is 5.78 Å². The van der Waals surface area contributed by atoms with Crippen molar-refractivity contribution >= 4 is 17.9 Å². The van der Waals surface area contributed by atoms with Crippen molar-refractivity contribution in [1.29, 1.82) is 5.41 Å². The summed E-state index contributed by atoms with van der Waals surface area (Å²) in [4.78, 5) is 24.1. The van der Waals surface area contributed by atoms with Gasteiger partial charge in [0.25, 0.3) is 5.91 Å². The van der Waals surface area contributed by atoms with Crippen LogP contribution in [0.25, 0.3) is 0 Å². The molecule has 1 aliphatic heterocycles. The molecule has 1 aliphatic rings. The lowest BCUT2D eigenvalue weighted by atomic mass is 10.1. The summed E-state index contributed by atoms with van der Waals surface area (Å²) in [7, 11) is 0. The van der Waals surface area contributed by atoms with E-state index >= 15 is 0 Å². The van der Waals surface area contributed by atoms with Gasteiger partial charge in [0.2, 0.25) is 0 Å².